The number of hydrogen-bond donors (Lipinski definition) is 1. The quantitative estimate of drug-likeness (QED) is 0.317. The van der Waals surface area contributed by atoms with E-state index in [0.29, 0.717) is 35.3 Å². The van der Waals surface area contributed by atoms with Crippen LogP contribution in [0.2, 0.25) is 10.0 Å². The molecule has 0 bridgehead atoms. The standard InChI is InChI=1S/C28H30Cl2N2O2S/c1-3-31-28(34)26(15-21-7-5-4-6-8-21)32(17-22-11-9-20(2)10-12-22)27(33)19-35-18-23-13-14-24(29)16-25(23)30/h4-14,16,26H,3,15,17-19H2,1-2H3,(H,31,34). The summed E-state index contributed by atoms with van der Waals surface area (Å²) in [6.45, 7) is 4.77. The molecule has 0 saturated heterocycles. The number of amides is 2. The molecule has 1 unspecified atom stereocenters. The number of nitrogens with zero attached hydrogens (tertiary/aromatic N) is 1. The Morgan fingerprint density at radius 3 is 2.34 bits per heavy atom. The molecule has 0 aromatic heterocycles. The number of rotatable bonds is 11. The molecule has 3 rings (SSSR count). The molecule has 0 aliphatic carbocycles. The third-order valence-corrected chi connectivity index (χ3v) is 7.15. The highest BCUT2D eigenvalue weighted by Gasteiger charge is 2.30. The molecule has 0 spiro atoms. The topological polar surface area (TPSA) is 49.4 Å². The van der Waals surface area contributed by atoms with E-state index in [0.717, 1.165) is 22.3 Å². The summed E-state index contributed by atoms with van der Waals surface area (Å²) >= 11 is 13.8. The summed E-state index contributed by atoms with van der Waals surface area (Å²) in [6, 6.07) is 22.6. The summed E-state index contributed by atoms with van der Waals surface area (Å²) in [6.07, 6.45) is 0.442. The van der Waals surface area contributed by atoms with Gasteiger partial charge in [-0.05, 0) is 42.7 Å². The Morgan fingerprint density at radius 1 is 0.971 bits per heavy atom. The summed E-state index contributed by atoms with van der Waals surface area (Å²) in [5.74, 6) is 0.565. The van der Waals surface area contributed by atoms with E-state index in [1.807, 2.05) is 74.5 Å². The van der Waals surface area contributed by atoms with Crippen LogP contribution in [0.3, 0.4) is 0 Å². The van der Waals surface area contributed by atoms with Gasteiger partial charge in [0.05, 0.1) is 5.75 Å². The Balaban J connectivity index is 1.82. The SMILES string of the molecule is CCNC(=O)C(Cc1ccccc1)N(Cc1ccc(C)cc1)C(=O)CSCc1ccc(Cl)cc1Cl. The van der Waals surface area contributed by atoms with Gasteiger partial charge in [0.2, 0.25) is 11.8 Å². The fourth-order valence-electron chi connectivity index (χ4n) is 3.71. The van der Waals surface area contributed by atoms with Gasteiger partial charge >= 0.3 is 0 Å². The van der Waals surface area contributed by atoms with Gasteiger partial charge in [0.25, 0.3) is 0 Å². The zero-order valence-electron chi connectivity index (χ0n) is 20.0. The van der Waals surface area contributed by atoms with E-state index in [4.69, 9.17) is 23.2 Å². The predicted octanol–water partition coefficient (Wildman–Crippen LogP) is 6.31. The smallest absolute Gasteiger partial charge is 0.243 e. The van der Waals surface area contributed by atoms with Crippen LogP contribution < -0.4 is 5.32 Å². The van der Waals surface area contributed by atoms with E-state index in [1.165, 1.54) is 11.8 Å². The van der Waals surface area contributed by atoms with Gasteiger partial charge in [-0.1, -0.05) is 89.4 Å². The largest absolute Gasteiger partial charge is 0.355 e. The molecule has 3 aromatic carbocycles. The number of carbonyl (C=O) groups excluding carboxylic acids is 2. The zero-order chi connectivity index (χ0) is 25.2. The number of hydrogen-bond acceptors (Lipinski definition) is 3. The highest BCUT2D eigenvalue weighted by Crippen LogP contribution is 2.25. The minimum atomic E-state index is -0.620. The first-order chi connectivity index (χ1) is 16.9. The molecular formula is C28H30Cl2N2O2S. The first kappa shape index (κ1) is 27.1. The normalized spacial score (nSPS) is 11.7. The Kier molecular flexibility index (Phi) is 10.5. The fourth-order valence-corrected chi connectivity index (χ4v) is 5.17. The van der Waals surface area contributed by atoms with E-state index in [2.05, 4.69) is 5.32 Å². The molecule has 2 amide bonds. The average molecular weight is 530 g/mol. The Hall–Kier alpha value is -2.47. The third kappa shape index (κ3) is 8.31. The lowest BCUT2D eigenvalue weighted by atomic mass is 10.0. The number of carbonyl (C=O) groups is 2. The van der Waals surface area contributed by atoms with Crippen molar-refractivity contribution in [1.29, 1.82) is 0 Å². The third-order valence-electron chi connectivity index (χ3n) is 5.59. The van der Waals surface area contributed by atoms with Crippen molar-refractivity contribution in [2.45, 2.75) is 38.6 Å². The summed E-state index contributed by atoms with van der Waals surface area (Å²) < 4.78 is 0. The maximum Gasteiger partial charge on any atom is 0.243 e. The molecule has 0 radical (unpaired) electrons. The number of benzene rings is 3. The first-order valence-corrected chi connectivity index (χ1v) is 13.5. The predicted molar refractivity (Wildman–Crippen MR) is 147 cm³/mol. The number of likely N-dealkylation sites (N-methyl/N-ethyl adjacent to an activating group) is 1. The second kappa shape index (κ2) is 13.6. The van der Waals surface area contributed by atoms with Crippen LogP contribution in [0, 0.1) is 6.92 Å². The molecule has 0 aliphatic rings. The van der Waals surface area contributed by atoms with Gasteiger partial charge in [-0.25, -0.2) is 0 Å². The Labute approximate surface area is 222 Å². The van der Waals surface area contributed by atoms with Crippen molar-refractivity contribution < 1.29 is 9.59 Å². The van der Waals surface area contributed by atoms with E-state index in [-0.39, 0.29) is 17.6 Å². The van der Waals surface area contributed by atoms with Crippen LogP contribution in [0.25, 0.3) is 0 Å². The monoisotopic (exact) mass is 528 g/mol. The van der Waals surface area contributed by atoms with Crippen LogP contribution in [0.15, 0.2) is 72.8 Å². The van der Waals surface area contributed by atoms with Crippen LogP contribution in [-0.2, 0) is 28.3 Å². The number of nitrogens with one attached hydrogen (secondary N) is 1. The molecule has 1 N–H and O–H groups in total. The van der Waals surface area contributed by atoms with Crippen molar-refractivity contribution in [3.63, 3.8) is 0 Å². The molecule has 1 atom stereocenters. The molecule has 0 saturated carbocycles. The van der Waals surface area contributed by atoms with Gasteiger partial charge in [-0.3, -0.25) is 9.59 Å². The van der Waals surface area contributed by atoms with E-state index < -0.39 is 6.04 Å². The summed E-state index contributed by atoms with van der Waals surface area (Å²) in [4.78, 5) is 28.4. The Bertz CT molecular complexity index is 1120. The minimum Gasteiger partial charge on any atom is -0.355 e. The molecular weight excluding hydrogens is 499 g/mol. The van der Waals surface area contributed by atoms with E-state index in [9.17, 15) is 9.59 Å². The van der Waals surface area contributed by atoms with E-state index >= 15 is 0 Å². The lowest BCUT2D eigenvalue weighted by Gasteiger charge is -2.31. The van der Waals surface area contributed by atoms with Crippen LogP contribution in [0.1, 0.15) is 29.2 Å². The van der Waals surface area contributed by atoms with Gasteiger partial charge in [-0.2, -0.15) is 0 Å². The van der Waals surface area contributed by atoms with Crippen molar-refractivity contribution in [2.24, 2.45) is 0 Å². The zero-order valence-corrected chi connectivity index (χ0v) is 22.3. The van der Waals surface area contributed by atoms with Crippen molar-refractivity contribution >= 4 is 46.8 Å². The molecule has 0 heterocycles. The van der Waals surface area contributed by atoms with Crippen LogP contribution in [0.4, 0.5) is 0 Å². The molecule has 4 nitrogen and oxygen atoms in total. The van der Waals surface area contributed by atoms with Gasteiger partial charge in [0.15, 0.2) is 0 Å². The number of aryl methyl sites for hydroxylation is 1. The van der Waals surface area contributed by atoms with Gasteiger partial charge < -0.3 is 10.2 Å². The minimum absolute atomic E-state index is 0.0900. The van der Waals surface area contributed by atoms with Crippen LogP contribution in [-0.4, -0.2) is 35.1 Å². The fraction of sp³-hybridized carbons (Fsp3) is 0.286. The first-order valence-electron chi connectivity index (χ1n) is 11.6. The second-order valence-corrected chi connectivity index (χ2v) is 10.2. The maximum atomic E-state index is 13.6. The summed E-state index contributed by atoms with van der Waals surface area (Å²) in [5.41, 5.74) is 4.05. The molecule has 0 aliphatic heterocycles. The van der Waals surface area contributed by atoms with Gasteiger partial charge in [-0.15, -0.1) is 11.8 Å². The molecule has 0 fully saturated rings. The van der Waals surface area contributed by atoms with Crippen LogP contribution >= 0.6 is 35.0 Å². The van der Waals surface area contributed by atoms with Crippen molar-refractivity contribution in [3.8, 4) is 0 Å². The highest BCUT2D eigenvalue weighted by atomic mass is 35.5. The summed E-state index contributed by atoms with van der Waals surface area (Å²) in [5, 5.41) is 4.08. The molecule has 3 aromatic rings. The number of halogens is 2. The Morgan fingerprint density at radius 2 is 1.69 bits per heavy atom. The van der Waals surface area contributed by atoms with Crippen molar-refractivity contribution in [1.82, 2.24) is 10.2 Å². The van der Waals surface area contributed by atoms with Gasteiger partial charge in [0, 0.05) is 35.3 Å². The molecule has 35 heavy (non-hydrogen) atoms. The summed E-state index contributed by atoms with van der Waals surface area (Å²) in [7, 11) is 0. The van der Waals surface area contributed by atoms with Crippen molar-refractivity contribution in [2.75, 3.05) is 12.3 Å². The lowest BCUT2D eigenvalue weighted by Crippen LogP contribution is -2.51. The highest BCUT2D eigenvalue weighted by molar-refractivity contribution is 7.99. The molecule has 7 heteroatoms. The number of thioether (sulfide) groups is 1. The van der Waals surface area contributed by atoms with Crippen molar-refractivity contribution in [3.05, 3.63) is 105 Å². The second-order valence-electron chi connectivity index (χ2n) is 8.34. The van der Waals surface area contributed by atoms with E-state index in [1.54, 1.807) is 17.0 Å². The molecule has 184 valence electrons. The lowest BCUT2D eigenvalue weighted by molar-refractivity contribution is -0.139. The van der Waals surface area contributed by atoms with Crippen LogP contribution in [0.5, 0.6) is 0 Å². The average Bonchev–Trinajstić information content (AvgIpc) is 2.84. The van der Waals surface area contributed by atoms with Gasteiger partial charge in [0.1, 0.15) is 6.04 Å². The maximum absolute atomic E-state index is 13.6.